The SMILES string of the molecule is CC1=C2c3ccccc3-c3c(C)cc[n+](c32)Cn2c(C)cc(C)c21. The number of pyridine rings is 1. The van der Waals surface area contributed by atoms with Crippen molar-refractivity contribution in [1.29, 1.82) is 0 Å². The number of aryl methyl sites for hydroxylation is 3. The molecule has 2 aliphatic rings. The number of hydrogen-bond donors (Lipinski definition) is 0. The summed E-state index contributed by atoms with van der Waals surface area (Å²) in [5, 5.41) is 0. The second kappa shape index (κ2) is 4.47. The van der Waals surface area contributed by atoms with Gasteiger partial charge in [0.1, 0.15) is 0 Å². The lowest BCUT2D eigenvalue weighted by atomic mass is 9.98. The van der Waals surface area contributed by atoms with Crippen LogP contribution in [0.4, 0.5) is 0 Å². The lowest BCUT2D eigenvalue weighted by molar-refractivity contribution is -0.702. The molecule has 3 aromatic rings. The van der Waals surface area contributed by atoms with Gasteiger partial charge < -0.3 is 0 Å². The van der Waals surface area contributed by atoms with Gasteiger partial charge in [0, 0.05) is 11.8 Å². The molecule has 118 valence electrons. The van der Waals surface area contributed by atoms with Crippen LogP contribution in [0.3, 0.4) is 0 Å². The van der Waals surface area contributed by atoms with Crippen molar-refractivity contribution in [3.05, 3.63) is 76.4 Å². The largest absolute Gasteiger partial charge is 0.289 e. The zero-order chi connectivity index (χ0) is 16.6. The lowest BCUT2D eigenvalue weighted by Gasteiger charge is -2.09. The third kappa shape index (κ3) is 1.53. The molecule has 0 saturated heterocycles. The van der Waals surface area contributed by atoms with E-state index in [-0.39, 0.29) is 0 Å². The predicted octanol–water partition coefficient (Wildman–Crippen LogP) is 4.48. The van der Waals surface area contributed by atoms with Crippen molar-refractivity contribution < 1.29 is 4.57 Å². The number of allylic oxidation sites excluding steroid dienone is 1. The van der Waals surface area contributed by atoms with E-state index in [1.165, 1.54) is 56.0 Å². The maximum atomic E-state index is 2.45. The average Bonchev–Trinajstić information content (AvgIpc) is 3.00. The molecule has 2 nitrogen and oxygen atoms in total. The van der Waals surface area contributed by atoms with E-state index in [2.05, 4.69) is 79.4 Å². The van der Waals surface area contributed by atoms with E-state index >= 15 is 0 Å². The first-order valence-corrected chi connectivity index (χ1v) is 8.59. The van der Waals surface area contributed by atoms with Crippen LogP contribution in [0.5, 0.6) is 0 Å². The second-order valence-electron chi connectivity index (χ2n) is 7.12. The van der Waals surface area contributed by atoms with Crippen LogP contribution in [-0.4, -0.2) is 4.57 Å². The maximum Gasteiger partial charge on any atom is 0.228 e. The van der Waals surface area contributed by atoms with E-state index in [0.29, 0.717) is 0 Å². The van der Waals surface area contributed by atoms with Crippen molar-refractivity contribution >= 4 is 11.1 Å². The van der Waals surface area contributed by atoms with Gasteiger partial charge in [0.2, 0.25) is 12.4 Å². The molecular formula is C22H21N2+. The molecule has 0 unspecified atom stereocenters. The molecule has 1 aromatic carbocycles. The quantitative estimate of drug-likeness (QED) is 0.423. The van der Waals surface area contributed by atoms with E-state index in [4.69, 9.17) is 0 Å². The molecule has 0 fully saturated rings. The van der Waals surface area contributed by atoms with Crippen LogP contribution in [0.2, 0.25) is 0 Å². The van der Waals surface area contributed by atoms with Crippen molar-refractivity contribution in [3.8, 4) is 11.1 Å². The summed E-state index contributed by atoms with van der Waals surface area (Å²) < 4.78 is 4.87. The molecule has 2 heteroatoms. The van der Waals surface area contributed by atoms with Gasteiger partial charge in [-0.05, 0) is 61.6 Å². The third-order valence-corrected chi connectivity index (χ3v) is 5.64. The highest BCUT2D eigenvalue weighted by Gasteiger charge is 2.37. The van der Waals surface area contributed by atoms with Crippen LogP contribution < -0.4 is 4.57 Å². The number of benzene rings is 1. The first-order valence-electron chi connectivity index (χ1n) is 8.59. The smallest absolute Gasteiger partial charge is 0.228 e. The van der Waals surface area contributed by atoms with Gasteiger partial charge in [-0.25, -0.2) is 0 Å². The fraction of sp³-hybridized carbons (Fsp3) is 0.227. The maximum absolute atomic E-state index is 2.45. The minimum atomic E-state index is 0.881. The number of hydrogen-bond acceptors (Lipinski definition) is 0. The van der Waals surface area contributed by atoms with Gasteiger partial charge in [0.15, 0.2) is 6.20 Å². The molecule has 0 atom stereocenters. The van der Waals surface area contributed by atoms with Gasteiger partial charge in [-0.2, -0.15) is 4.57 Å². The zero-order valence-corrected chi connectivity index (χ0v) is 14.6. The molecule has 5 rings (SSSR count). The molecule has 1 aliphatic carbocycles. The summed E-state index contributed by atoms with van der Waals surface area (Å²) in [6.07, 6.45) is 2.25. The third-order valence-electron chi connectivity index (χ3n) is 5.64. The van der Waals surface area contributed by atoms with Crippen LogP contribution in [0.1, 0.15) is 40.7 Å². The highest BCUT2D eigenvalue weighted by atomic mass is 15.2. The topological polar surface area (TPSA) is 8.81 Å². The Kier molecular flexibility index (Phi) is 2.57. The molecule has 0 N–H and O–H groups in total. The Bertz CT molecular complexity index is 1060. The van der Waals surface area contributed by atoms with Crippen molar-refractivity contribution in [3.63, 3.8) is 0 Å². The first-order chi connectivity index (χ1) is 11.6. The fourth-order valence-electron chi connectivity index (χ4n) is 4.64. The lowest BCUT2D eigenvalue weighted by Crippen LogP contribution is -2.40. The number of fused-ring (bicyclic) bond motifs is 4. The van der Waals surface area contributed by atoms with Crippen molar-refractivity contribution in [1.82, 2.24) is 4.57 Å². The van der Waals surface area contributed by atoms with Gasteiger partial charge >= 0.3 is 0 Å². The molecule has 24 heavy (non-hydrogen) atoms. The monoisotopic (exact) mass is 313 g/mol. The molecule has 0 spiro atoms. The Hall–Kier alpha value is -2.61. The molecule has 0 saturated carbocycles. The molecule has 0 radical (unpaired) electrons. The van der Waals surface area contributed by atoms with E-state index in [1.54, 1.807) is 0 Å². The summed E-state index contributed by atoms with van der Waals surface area (Å²) in [5.41, 5.74) is 13.8. The number of rotatable bonds is 0. The zero-order valence-electron chi connectivity index (χ0n) is 14.6. The standard InChI is InChI=1S/C22H21N2/c1-13-9-10-23-12-24-15(3)11-14(2)21(24)16(4)20-18-8-6-5-7-17(18)19(13)22(20)23/h5-11H,12H2,1-4H3/q+1. The summed E-state index contributed by atoms with van der Waals surface area (Å²) in [6, 6.07) is 13.4. The molecular weight excluding hydrogens is 292 g/mol. The Morgan fingerprint density at radius 1 is 0.917 bits per heavy atom. The Morgan fingerprint density at radius 3 is 2.46 bits per heavy atom. The van der Waals surface area contributed by atoms with Crippen LogP contribution in [0, 0.1) is 20.8 Å². The Balaban J connectivity index is 2.01. The summed E-state index contributed by atoms with van der Waals surface area (Å²) in [7, 11) is 0. The fourth-order valence-corrected chi connectivity index (χ4v) is 4.64. The van der Waals surface area contributed by atoms with Crippen molar-refractivity contribution in [2.24, 2.45) is 0 Å². The minimum absolute atomic E-state index is 0.881. The van der Waals surface area contributed by atoms with Gasteiger partial charge in [-0.3, -0.25) is 4.57 Å². The second-order valence-corrected chi connectivity index (χ2v) is 7.12. The normalized spacial score (nSPS) is 14.3. The van der Waals surface area contributed by atoms with Crippen molar-refractivity contribution in [2.45, 2.75) is 34.4 Å². The van der Waals surface area contributed by atoms with Crippen LogP contribution >= 0.6 is 0 Å². The Labute approximate surface area is 142 Å². The summed E-state index contributed by atoms with van der Waals surface area (Å²) in [5.74, 6) is 0. The number of aromatic nitrogens is 2. The molecule has 0 amide bonds. The van der Waals surface area contributed by atoms with Crippen LogP contribution in [-0.2, 0) is 6.67 Å². The molecule has 0 bridgehead atoms. The first kappa shape index (κ1) is 13.8. The Morgan fingerprint density at radius 2 is 1.67 bits per heavy atom. The summed E-state index contributed by atoms with van der Waals surface area (Å²) in [4.78, 5) is 0. The predicted molar refractivity (Wildman–Crippen MR) is 97.7 cm³/mol. The molecule has 3 heterocycles. The van der Waals surface area contributed by atoms with E-state index in [1.807, 2.05) is 0 Å². The molecule has 1 aliphatic heterocycles. The van der Waals surface area contributed by atoms with Crippen LogP contribution in [0.15, 0.2) is 42.6 Å². The van der Waals surface area contributed by atoms with Gasteiger partial charge in [-0.15, -0.1) is 0 Å². The van der Waals surface area contributed by atoms with Crippen molar-refractivity contribution in [2.75, 3.05) is 0 Å². The number of nitrogens with zero attached hydrogens (tertiary/aromatic N) is 2. The van der Waals surface area contributed by atoms with Gasteiger partial charge in [0.25, 0.3) is 0 Å². The minimum Gasteiger partial charge on any atom is -0.289 e. The van der Waals surface area contributed by atoms with E-state index < -0.39 is 0 Å². The highest BCUT2D eigenvalue weighted by Crippen LogP contribution is 2.48. The average molecular weight is 313 g/mol. The summed E-state index contributed by atoms with van der Waals surface area (Å²) in [6.45, 7) is 9.84. The van der Waals surface area contributed by atoms with Crippen LogP contribution in [0.25, 0.3) is 22.3 Å². The highest BCUT2D eigenvalue weighted by molar-refractivity contribution is 6.08. The molecule has 2 aromatic heterocycles. The van der Waals surface area contributed by atoms with E-state index in [0.717, 1.165) is 6.67 Å². The summed E-state index contributed by atoms with van der Waals surface area (Å²) >= 11 is 0. The van der Waals surface area contributed by atoms with Gasteiger partial charge in [0.05, 0.1) is 16.8 Å². The van der Waals surface area contributed by atoms with Gasteiger partial charge in [-0.1, -0.05) is 24.3 Å². The van der Waals surface area contributed by atoms with E-state index in [9.17, 15) is 0 Å².